The lowest BCUT2D eigenvalue weighted by molar-refractivity contribution is 0.880. The van der Waals surface area contributed by atoms with Crippen LogP contribution in [0.5, 0.6) is 0 Å². The third-order valence-electron chi connectivity index (χ3n) is 6.25. The van der Waals surface area contributed by atoms with Gasteiger partial charge in [0.2, 0.25) is 17.8 Å². The lowest BCUT2D eigenvalue weighted by Crippen LogP contribution is -2.08. The first-order valence-electron chi connectivity index (χ1n) is 13.1. The van der Waals surface area contributed by atoms with Gasteiger partial charge < -0.3 is 16.0 Å². The van der Waals surface area contributed by atoms with Crippen molar-refractivity contribution in [2.45, 2.75) is 0 Å². The van der Waals surface area contributed by atoms with Gasteiger partial charge >= 0.3 is 0 Å². The molecule has 12 nitrogen and oxygen atoms in total. The fraction of sp³-hybridized carbons (Fsp3) is 0. The van der Waals surface area contributed by atoms with Crippen LogP contribution in [0.25, 0.3) is 17.1 Å². The number of hydrogen-bond donors (Lipinski definition) is 3. The maximum atomic E-state index is 4.67. The number of hydrogen-bond acceptors (Lipinski definition) is 9. The van der Waals surface area contributed by atoms with Gasteiger partial charge in [-0.2, -0.15) is 30.2 Å². The van der Waals surface area contributed by atoms with E-state index in [1.54, 1.807) is 32.6 Å². The molecule has 0 atom stereocenters. The molecule has 0 radical (unpaired) electrons. The Balaban J connectivity index is 1.21. The Kier molecular flexibility index (Phi) is 6.51. The molecule has 3 N–H and O–H groups in total. The zero-order chi connectivity index (χ0) is 28.1. The smallest absolute Gasteiger partial charge is 0.233 e. The minimum atomic E-state index is 0.360. The Morgan fingerprint density at radius 1 is 0.405 bits per heavy atom. The van der Waals surface area contributed by atoms with Gasteiger partial charge in [0, 0.05) is 54.2 Å². The van der Waals surface area contributed by atoms with E-state index in [0.717, 1.165) is 34.1 Å². The van der Waals surface area contributed by atoms with Crippen molar-refractivity contribution in [2.75, 3.05) is 16.0 Å². The van der Waals surface area contributed by atoms with Crippen molar-refractivity contribution in [2.24, 2.45) is 0 Å². The molecule has 0 spiro atoms. The Bertz CT molecular complexity index is 1680. The highest BCUT2D eigenvalue weighted by Gasteiger charge is 2.11. The third kappa shape index (κ3) is 5.53. The van der Waals surface area contributed by atoms with Crippen LogP contribution >= 0.6 is 0 Å². The van der Waals surface area contributed by atoms with E-state index < -0.39 is 0 Å². The Morgan fingerprint density at radius 3 is 1.02 bits per heavy atom. The Hall–Kier alpha value is -6.30. The molecule has 204 valence electrons. The van der Waals surface area contributed by atoms with Crippen LogP contribution in [0.1, 0.15) is 0 Å². The fourth-order valence-corrected chi connectivity index (χ4v) is 4.37. The normalized spacial score (nSPS) is 10.9. The number of nitrogens with one attached hydrogen (secondary N) is 3. The van der Waals surface area contributed by atoms with Crippen LogP contribution < -0.4 is 16.0 Å². The molecule has 4 aromatic heterocycles. The second kappa shape index (κ2) is 11.1. The maximum Gasteiger partial charge on any atom is 0.233 e. The SMILES string of the molecule is c1cc(Nc2nc(Nc3cccc(-n4cccn4)c3)nc(Nc3cccc(-n4cccn4)c3)n2)cc(-n2cccn2)c1. The molecule has 3 aromatic carbocycles. The van der Waals surface area contributed by atoms with E-state index in [2.05, 4.69) is 46.2 Å². The summed E-state index contributed by atoms with van der Waals surface area (Å²) in [4.78, 5) is 14.0. The molecule has 0 aliphatic heterocycles. The van der Waals surface area contributed by atoms with Gasteiger partial charge in [-0.1, -0.05) is 18.2 Å². The predicted octanol–water partition coefficient (Wildman–Crippen LogP) is 5.66. The van der Waals surface area contributed by atoms with Crippen molar-refractivity contribution < 1.29 is 0 Å². The topological polar surface area (TPSA) is 128 Å². The van der Waals surface area contributed by atoms with Crippen molar-refractivity contribution >= 4 is 34.9 Å². The number of anilines is 6. The first-order chi connectivity index (χ1) is 20.7. The number of benzene rings is 3. The largest absolute Gasteiger partial charge is 0.324 e. The summed E-state index contributed by atoms with van der Waals surface area (Å²) in [5.74, 6) is 1.08. The fourth-order valence-electron chi connectivity index (χ4n) is 4.37. The molecule has 0 aliphatic carbocycles. The second-order valence-electron chi connectivity index (χ2n) is 9.18. The van der Waals surface area contributed by atoms with E-state index in [1.807, 2.05) is 110 Å². The van der Waals surface area contributed by atoms with Crippen molar-refractivity contribution in [3.8, 4) is 17.1 Å². The predicted molar refractivity (Wildman–Crippen MR) is 160 cm³/mol. The third-order valence-corrected chi connectivity index (χ3v) is 6.25. The van der Waals surface area contributed by atoms with Gasteiger partial charge in [-0.3, -0.25) is 0 Å². The minimum absolute atomic E-state index is 0.360. The van der Waals surface area contributed by atoms with Crippen molar-refractivity contribution in [3.05, 3.63) is 128 Å². The van der Waals surface area contributed by atoms with E-state index in [1.165, 1.54) is 0 Å². The minimum Gasteiger partial charge on any atom is -0.324 e. The van der Waals surface area contributed by atoms with Gasteiger partial charge in [0.15, 0.2) is 0 Å². The molecule has 42 heavy (non-hydrogen) atoms. The summed E-state index contributed by atoms with van der Waals surface area (Å²) in [6.07, 6.45) is 10.9. The van der Waals surface area contributed by atoms with Gasteiger partial charge in [0.05, 0.1) is 17.1 Å². The van der Waals surface area contributed by atoms with Crippen LogP contribution in [0.2, 0.25) is 0 Å². The summed E-state index contributed by atoms with van der Waals surface area (Å²) in [6, 6.07) is 29.1. The van der Waals surface area contributed by atoms with E-state index in [4.69, 9.17) is 0 Å². The summed E-state index contributed by atoms with van der Waals surface area (Å²) >= 11 is 0. The number of rotatable bonds is 9. The van der Waals surface area contributed by atoms with Gasteiger partial charge in [-0.05, 0) is 72.8 Å². The molecular weight excluding hydrogens is 528 g/mol. The molecular formula is C30H24N12. The van der Waals surface area contributed by atoms with E-state index in [-0.39, 0.29) is 0 Å². The maximum absolute atomic E-state index is 4.67. The highest BCUT2D eigenvalue weighted by Crippen LogP contribution is 2.24. The molecule has 7 rings (SSSR count). The highest BCUT2D eigenvalue weighted by molar-refractivity contribution is 5.64. The van der Waals surface area contributed by atoms with Crippen LogP contribution in [0, 0.1) is 0 Å². The van der Waals surface area contributed by atoms with Gasteiger partial charge in [0.25, 0.3) is 0 Å². The average Bonchev–Trinajstić information content (AvgIpc) is 3.82. The lowest BCUT2D eigenvalue weighted by atomic mass is 10.3. The quantitative estimate of drug-likeness (QED) is 0.208. The lowest BCUT2D eigenvalue weighted by Gasteiger charge is -2.13. The van der Waals surface area contributed by atoms with E-state index in [0.29, 0.717) is 17.8 Å². The summed E-state index contributed by atoms with van der Waals surface area (Å²) < 4.78 is 5.37. The zero-order valence-electron chi connectivity index (χ0n) is 22.1. The average molecular weight is 553 g/mol. The molecule has 0 bridgehead atoms. The molecule has 0 fully saturated rings. The van der Waals surface area contributed by atoms with Crippen LogP contribution in [-0.4, -0.2) is 44.3 Å². The molecule has 0 amide bonds. The van der Waals surface area contributed by atoms with Gasteiger partial charge in [-0.25, -0.2) is 14.0 Å². The molecule has 0 saturated heterocycles. The molecule has 12 heteroatoms. The van der Waals surface area contributed by atoms with Crippen molar-refractivity contribution in [3.63, 3.8) is 0 Å². The highest BCUT2D eigenvalue weighted by atomic mass is 15.3. The number of aromatic nitrogens is 9. The summed E-state index contributed by atoms with van der Waals surface area (Å²) in [5.41, 5.74) is 5.11. The summed E-state index contributed by atoms with van der Waals surface area (Å²) in [5, 5.41) is 22.9. The molecule has 7 aromatic rings. The molecule has 0 aliphatic rings. The van der Waals surface area contributed by atoms with Crippen molar-refractivity contribution in [1.29, 1.82) is 0 Å². The van der Waals surface area contributed by atoms with Crippen LogP contribution in [0.15, 0.2) is 128 Å². The molecule has 0 saturated carbocycles. The van der Waals surface area contributed by atoms with Gasteiger partial charge in [-0.15, -0.1) is 0 Å². The zero-order valence-corrected chi connectivity index (χ0v) is 22.1. The summed E-state index contributed by atoms with van der Waals surface area (Å²) in [7, 11) is 0. The second-order valence-corrected chi connectivity index (χ2v) is 9.18. The Labute approximate surface area is 240 Å². The number of nitrogens with zero attached hydrogens (tertiary/aromatic N) is 9. The van der Waals surface area contributed by atoms with Crippen LogP contribution in [0.4, 0.5) is 34.9 Å². The molecule has 0 unspecified atom stereocenters. The van der Waals surface area contributed by atoms with E-state index in [9.17, 15) is 0 Å². The van der Waals surface area contributed by atoms with E-state index >= 15 is 0 Å². The van der Waals surface area contributed by atoms with Crippen LogP contribution in [-0.2, 0) is 0 Å². The van der Waals surface area contributed by atoms with Crippen LogP contribution in [0.3, 0.4) is 0 Å². The first-order valence-corrected chi connectivity index (χ1v) is 13.1. The van der Waals surface area contributed by atoms with Gasteiger partial charge in [0.1, 0.15) is 0 Å². The Morgan fingerprint density at radius 2 is 0.738 bits per heavy atom. The first kappa shape index (κ1) is 24.7. The standard InChI is InChI=1S/C30H24N12/c1-7-22(19-25(10-1)40-16-4-13-31-40)34-28-37-29(35-23-8-2-11-26(20-23)41-17-5-14-32-41)39-30(38-28)36-24-9-3-12-27(21-24)42-18-6-15-33-42/h1-21H,(H3,34,35,36,37,38,39). The molecule has 4 heterocycles. The summed E-state index contributed by atoms with van der Waals surface area (Å²) in [6.45, 7) is 0. The van der Waals surface area contributed by atoms with Crippen molar-refractivity contribution in [1.82, 2.24) is 44.3 Å². The monoisotopic (exact) mass is 552 g/mol.